The van der Waals surface area contributed by atoms with Gasteiger partial charge in [0.2, 0.25) is 6.41 Å². The van der Waals surface area contributed by atoms with Crippen molar-refractivity contribution in [1.29, 1.82) is 0 Å². The number of carbonyl (C=O) groups excluding carboxylic acids is 2. The number of carboxylic acids is 1. The number of aliphatic carboxylic acids is 1. The molecular weight excluding hydrogens is 416 g/mol. The lowest BCUT2D eigenvalue weighted by molar-refractivity contribution is -0.137. The van der Waals surface area contributed by atoms with Crippen molar-refractivity contribution in [1.82, 2.24) is 10.9 Å². The van der Waals surface area contributed by atoms with E-state index in [0.717, 1.165) is 19.3 Å². The fourth-order valence-corrected chi connectivity index (χ4v) is 3.72. The molecular formula is C23H42N2O5S. The van der Waals surface area contributed by atoms with E-state index in [2.05, 4.69) is 30.4 Å². The van der Waals surface area contributed by atoms with Crippen LogP contribution in [0.15, 0.2) is 12.2 Å². The molecule has 4 N–H and O–H groups in total. The molecule has 0 heterocycles. The molecule has 7 nitrogen and oxygen atoms in total. The second-order valence-corrected chi connectivity index (χ2v) is 8.33. The molecule has 0 rings (SSSR count). The lowest BCUT2D eigenvalue weighted by atomic mass is 9.89. The third kappa shape index (κ3) is 16.0. The van der Waals surface area contributed by atoms with Gasteiger partial charge < -0.3 is 10.2 Å². The number of carboxylic acid groups (broad SMARTS) is 1. The van der Waals surface area contributed by atoms with Crippen LogP contribution in [0.1, 0.15) is 90.4 Å². The zero-order valence-corrected chi connectivity index (χ0v) is 19.8. The molecule has 0 bridgehead atoms. The van der Waals surface area contributed by atoms with Crippen LogP contribution in [0.3, 0.4) is 0 Å². The van der Waals surface area contributed by atoms with Crippen LogP contribution in [0.4, 0.5) is 0 Å². The highest BCUT2D eigenvalue weighted by Crippen LogP contribution is 2.18. The average Bonchev–Trinajstić information content (AvgIpc) is 2.74. The third-order valence-corrected chi connectivity index (χ3v) is 5.66. The lowest BCUT2D eigenvalue weighted by Gasteiger charge is -2.23. The molecule has 3 atom stereocenters. The number of Topliss-reactive ketones (excluding diaryl/α,β-unsaturated/α-hetero) is 1. The number of hydrogen-bond donors (Lipinski definition) is 5. The molecule has 0 aromatic heterocycles. The van der Waals surface area contributed by atoms with Gasteiger partial charge in [0.15, 0.2) is 5.78 Å². The number of aliphatic hydroxyl groups excluding tert-OH is 1. The van der Waals surface area contributed by atoms with Crippen LogP contribution in [0.25, 0.3) is 0 Å². The molecule has 0 fully saturated rings. The molecule has 0 aromatic carbocycles. The molecule has 0 unspecified atom stereocenters. The zero-order chi connectivity index (χ0) is 23.3. The van der Waals surface area contributed by atoms with E-state index in [0.29, 0.717) is 6.41 Å². The van der Waals surface area contributed by atoms with Gasteiger partial charge in [-0.1, -0.05) is 70.4 Å². The fourth-order valence-electron chi connectivity index (χ4n) is 3.44. The predicted molar refractivity (Wildman–Crippen MR) is 127 cm³/mol. The summed E-state index contributed by atoms with van der Waals surface area (Å²) in [7, 11) is 0. The number of allylic oxidation sites excluding steroid dienone is 1. The molecule has 0 aromatic rings. The van der Waals surface area contributed by atoms with Crippen molar-refractivity contribution >= 4 is 30.8 Å². The Morgan fingerprint density at radius 2 is 1.61 bits per heavy atom. The number of hydrogen-bond acceptors (Lipinski definition) is 6. The number of unbranched alkanes of at least 4 members (excludes halogenated alkanes) is 9. The van der Waals surface area contributed by atoms with Crippen molar-refractivity contribution in [3.05, 3.63) is 12.2 Å². The van der Waals surface area contributed by atoms with Gasteiger partial charge in [-0.05, 0) is 25.7 Å². The van der Waals surface area contributed by atoms with Gasteiger partial charge in [-0.15, -0.1) is 0 Å². The Labute approximate surface area is 192 Å². The smallest absolute Gasteiger partial charge is 0.303 e. The molecule has 0 saturated carbocycles. The quantitative estimate of drug-likeness (QED) is 0.0554. The van der Waals surface area contributed by atoms with E-state index in [4.69, 9.17) is 5.11 Å². The molecule has 180 valence electrons. The second kappa shape index (κ2) is 20.5. The topological polar surface area (TPSA) is 116 Å². The highest BCUT2D eigenvalue weighted by Gasteiger charge is 2.29. The third-order valence-electron chi connectivity index (χ3n) is 5.29. The molecule has 0 aliphatic heterocycles. The van der Waals surface area contributed by atoms with Gasteiger partial charge in [0.05, 0.1) is 18.1 Å². The number of aliphatic hydroxyl groups is 1. The normalized spacial score (nSPS) is 14.3. The molecule has 31 heavy (non-hydrogen) atoms. The first-order chi connectivity index (χ1) is 15.0. The van der Waals surface area contributed by atoms with Gasteiger partial charge in [-0.25, -0.2) is 5.43 Å². The highest BCUT2D eigenvalue weighted by atomic mass is 32.1. The van der Waals surface area contributed by atoms with Crippen molar-refractivity contribution in [2.45, 2.75) is 103 Å². The maximum absolute atomic E-state index is 12.8. The van der Waals surface area contributed by atoms with Crippen LogP contribution in [-0.4, -0.2) is 46.3 Å². The van der Waals surface area contributed by atoms with Crippen LogP contribution in [0, 0.1) is 5.92 Å². The summed E-state index contributed by atoms with van der Waals surface area (Å²) in [6.07, 6.45) is 15.5. The predicted octanol–water partition coefficient (Wildman–Crippen LogP) is 3.81. The Balaban J connectivity index is 4.55. The Morgan fingerprint density at radius 3 is 2.16 bits per heavy atom. The number of nitrogens with one attached hydrogen (secondary N) is 2. The Bertz CT molecular complexity index is 516. The van der Waals surface area contributed by atoms with E-state index < -0.39 is 24.0 Å². The van der Waals surface area contributed by atoms with Crippen LogP contribution in [0.5, 0.6) is 0 Å². The molecule has 1 amide bonds. The zero-order valence-electron chi connectivity index (χ0n) is 18.9. The fraction of sp³-hybridized carbons (Fsp3) is 0.783. The van der Waals surface area contributed by atoms with E-state index in [-0.39, 0.29) is 30.8 Å². The van der Waals surface area contributed by atoms with E-state index in [1.165, 1.54) is 44.9 Å². The summed E-state index contributed by atoms with van der Waals surface area (Å²) in [5.74, 6) is -1.83. The summed E-state index contributed by atoms with van der Waals surface area (Å²) < 4.78 is 0. The SMILES string of the molecule is CCCCCCCCCCC/C=C\[C@H](C(=O)[C@@H](CS)NNC=O)[C@H](O)CCCC(=O)O. The van der Waals surface area contributed by atoms with Crippen molar-refractivity contribution in [2.75, 3.05) is 5.75 Å². The monoisotopic (exact) mass is 458 g/mol. The molecule has 0 radical (unpaired) electrons. The number of rotatable bonds is 22. The number of thiol groups is 1. The first-order valence-electron chi connectivity index (χ1n) is 11.6. The van der Waals surface area contributed by atoms with E-state index in [1.54, 1.807) is 6.08 Å². The molecule has 0 saturated heterocycles. The van der Waals surface area contributed by atoms with Crippen molar-refractivity contribution in [3.63, 3.8) is 0 Å². The summed E-state index contributed by atoms with van der Waals surface area (Å²) in [5, 5.41) is 19.3. The molecule has 0 spiro atoms. The largest absolute Gasteiger partial charge is 0.481 e. The molecule has 0 aliphatic carbocycles. The summed E-state index contributed by atoms with van der Waals surface area (Å²) >= 11 is 4.15. The van der Waals surface area contributed by atoms with Crippen molar-refractivity contribution in [2.24, 2.45) is 5.92 Å². The van der Waals surface area contributed by atoms with Crippen LogP contribution in [-0.2, 0) is 14.4 Å². The Kier molecular flexibility index (Phi) is 19.6. The van der Waals surface area contributed by atoms with Crippen LogP contribution < -0.4 is 10.9 Å². The first kappa shape index (κ1) is 29.6. The maximum Gasteiger partial charge on any atom is 0.303 e. The van der Waals surface area contributed by atoms with E-state index >= 15 is 0 Å². The van der Waals surface area contributed by atoms with Crippen LogP contribution in [0.2, 0.25) is 0 Å². The first-order valence-corrected chi connectivity index (χ1v) is 12.3. The molecule has 8 heteroatoms. The summed E-state index contributed by atoms with van der Waals surface area (Å²) in [4.78, 5) is 34.1. The minimum Gasteiger partial charge on any atom is -0.481 e. The maximum atomic E-state index is 12.8. The van der Waals surface area contributed by atoms with Gasteiger partial charge in [0.25, 0.3) is 0 Å². The van der Waals surface area contributed by atoms with Gasteiger partial charge in [0.1, 0.15) is 0 Å². The molecule has 0 aliphatic rings. The summed E-state index contributed by atoms with van der Waals surface area (Å²) in [6, 6.07) is -0.745. The van der Waals surface area contributed by atoms with Gasteiger partial charge in [0, 0.05) is 12.2 Å². The van der Waals surface area contributed by atoms with Gasteiger partial charge in [-0.2, -0.15) is 12.6 Å². The Morgan fingerprint density at radius 1 is 1.00 bits per heavy atom. The number of ketones is 1. The lowest BCUT2D eigenvalue weighted by Crippen LogP contribution is -2.49. The van der Waals surface area contributed by atoms with E-state index in [1.807, 2.05) is 6.08 Å². The minimum absolute atomic E-state index is 0.0545. The van der Waals surface area contributed by atoms with Crippen molar-refractivity contribution < 1.29 is 24.6 Å². The van der Waals surface area contributed by atoms with E-state index in [9.17, 15) is 19.5 Å². The van der Waals surface area contributed by atoms with Crippen LogP contribution >= 0.6 is 12.6 Å². The number of hydrazine groups is 1. The van der Waals surface area contributed by atoms with Gasteiger partial charge in [-0.3, -0.25) is 19.8 Å². The van der Waals surface area contributed by atoms with Crippen molar-refractivity contribution in [3.8, 4) is 0 Å². The second-order valence-electron chi connectivity index (χ2n) is 7.97. The minimum atomic E-state index is -0.980. The standard InChI is InChI=1S/C23H42N2O5S/c1-2-3-4-5-6-7-8-9-10-11-12-14-19(21(27)15-13-16-22(28)29)23(30)20(17-31)25-24-18-26/h12,14,18-21,25,27,31H,2-11,13,15-17H2,1H3,(H,24,26)(H,28,29)/b14-12-/t19-,20+,21+/m0/s1. The average molecular weight is 459 g/mol. The number of carbonyl (C=O) groups is 3. The number of amides is 1. The summed E-state index contributed by atoms with van der Waals surface area (Å²) in [6.45, 7) is 2.22. The van der Waals surface area contributed by atoms with Gasteiger partial charge >= 0.3 is 5.97 Å². The Hall–Kier alpha value is -1.38. The highest BCUT2D eigenvalue weighted by molar-refractivity contribution is 7.80. The summed E-state index contributed by atoms with van der Waals surface area (Å²) in [5.41, 5.74) is 4.85.